The molecule has 29 heavy (non-hydrogen) atoms. The molecule has 2 aromatic heterocycles. The maximum absolute atomic E-state index is 12.0. The molecule has 2 N–H and O–H groups in total. The van der Waals surface area contributed by atoms with Gasteiger partial charge in [0.25, 0.3) is 0 Å². The summed E-state index contributed by atoms with van der Waals surface area (Å²) >= 11 is 6.13. The van der Waals surface area contributed by atoms with Crippen LogP contribution in [0.4, 0.5) is 10.7 Å². The number of carbonyl (C=O) groups is 1. The smallest absolute Gasteiger partial charge is 0.407 e. The van der Waals surface area contributed by atoms with E-state index < -0.39 is 5.60 Å². The molecule has 0 spiro atoms. The third kappa shape index (κ3) is 5.92. The van der Waals surface area contributed by atoms with E-state index in [4.69, 9.17) is 21.3 Å². The van der Waals surface area contributed by atoms with E-state index in [-0.39, 0.29) is 24.1 Å². The highest BCUT2D eigenvalue weighted by Gasteiger charge is 2.25. The summed E-state index contributed by atoms with van der Waals surface area (Å²) in [6.45, 7) is 9.82. The zero-order valence-electron chi connectivity index (χ0n) is 17.8. The number of fused-ring (bicyclic) bond motifs is 1. The number of alkyl carbamates (subject to hydrolysis) is 1. The van der Waals surface area contributed by atoms with Gasteiger partial charge in [-0.2, -0.15) is 0 Å². The minimum atomic E-state index is -0.482. The molecular formula is C21H30ClN5O2. The molecule has 0 saturated heterocycles. The molecule has 1 amide bonds. The van der Waals surface area contributed by atoms with Crippen LogP contribution in [0, 0.1) is 0 Å². The molecule has 1 saturated carbocycles. The lowest BCUT2D eigenvalue weighted by atomic mass is 9.91. The number of amides is 1. The number of nitrogens with zero attached hydrogens (tertiary/aromatic N) is 3. The predicted molar refractivity (Wildman–Crippen MR) is 115 cm³/mol. The molecule has 1 aliphatic rings. The lowest BCUT2D eigenvalue weighted by Crippen LogP contribution is -2.42. The van der Waals surface area contributed by atoms with E-state index in [1.54, 1.807) is 6.20 Å². The van der Waals surface area contributed by atoms with Crippen molar-refractivity contribution in [3.63, 3.8) is 0 Å². The summed E-state index contributed by atoms with van der Waals surface area (Å²) in [5.74, 6) is 0.891. The highest BCUT2D eigenvalue weighted by molar-refractivity contribution is 6.29. The number of pyridine rings is 1. The maximum atomic E-state index is 12.0. The van der Waals surface area contributed by atoms with Crippen LogP contribution in [0.3, 0.4) is 0 Å². The van der Waals surface area contributed by atoms with Crippen LogP contribution in [0.25, 0.3) is 11.0 Å². The topological polar surface area (TPSA) is 89.0 Å². The van der Waals surface area contributed by atoms with Gasteiger partial charge >= 0.3 is 6.09 Å². The van der Waals surface area contributed by atoms with Crippen LogP contribution in [0.5, 0.6) is 0 Å². The van der Waals surface area contributed by atoms with E-state index >= 15 is 0 Å². The molecule has 0 aliphatic heterocycles. The van der Waals surface area contributed by atoms with Crippen LogP contribution in [-0.2, 0) is 4.74 Å². The predicted octanol–water partition coefficient (Wildman–Crippen LogP) is 5.05. The summed E-state index contributed by atoms with van der Waals surface area (Å²) in [6, 6.07) is 2.28. The van der Waals surface area contributed by atoms with Crippen molar-refractivity contribution < 1.29 is 9.53 Å². The van der Waals surface area contributed by atoms with Crippen molar-refractivity contribution in [1.82, 2.24) is 20.3 Å². The zero-order valence-corrected chi connectivity index (χ0v) is 18.5. The largest absolute Gasteiger partial charge is 0.444 e. The first-order chi connectivity index (χ1) is 13.6. The Hall–Kier alpha value is -2.15. The average molecular weight is 420 g/mol. The minimum Gasteiger partial charge on any atom is -0.444 e. The van der Waals surface area contributed by atoms with E-state index in [9.17, 15) is 4.79 Å². The van der Waals surface area contributed by atoms with Crippen molar-refractivity contribution in [1.29, 1.82) is 0 Å². The molecule has 1 aliphatic carbocycles. The summed E-state index contributed by atoms with van der Waals surface area (Å²) in [5, 5.41) is 6.87. The standard InChI is InChI=1S/C21H30ClN5O2/c1-12(2)15-10-17(22)26-16-11-23-19(27-18(15)16)24-13-6-8-14(9-7-13)25-20(28)29-21(3,4)5/h10-14H,6-9H2,1-5H3,(H,25,28)(H,23,24,27)/t13-,14-. The Morgan fingerprint density at radius 3 is 2.45 bits per heavy atom. The summed E-state index contributed by atoms with van der Waals surface area (Å²) in [4.78, 5) is 25.4. The lowest BCUT2D eigenvalue weighted by Gasteiger charge is -2.30. The molecule has 8 heteroatoms. The molecule has 0 radical (unpaired) electrons. The second-order valence-corrected chi connectivity index (χ2v) is 9.34. The molecule has 0 atom stereocenters. The molecule has 2 heterocycles. The molecule has 3 rings (SSSR count). The van der Waals surface area contributed by atoms with Gasteiger partial charge in [-0.1, -0.05) is 25.4 Å². The first-order valence-electron chi connectivity index (χ1n) is 10.2. The quantitative estimate of drug-likeness (QED) is 0.674. The second-order valence-electron chi connectivity index (χ2n) is 8.96. The number of rotatable bonds is 4. The summed E-state index contributed by atoms with van der Waals surface area (Å²) in [5.41, 5.74) is 2.12. The van der Waals surface area contributed by atoms with Crippen molar-refractivity contribution in [2.75, 3.05) is 5.32 Å². The van der Waals surface area contributed by atoms with Crippen molar-refractivity contribution in [3.8, 4) is 0 Å². The summed E-state index contributed by atoms with van der Waals surface area (Å²) < 4.78 is 5.34. The van der Waals surface area contributed by atoms with Gasteiger partial charge in [-0.3, -0.25) is 0 Å². The summed E-state index contributed by atoms with van der Waals surface area (Å²) in [6.07, 6.45) is 5.00. The van der Waals surface area contributed by atoms with Gasteiger partial charge < -0.3 is 15.4 Å². The van der Waals surface area contributed by atoms with Gasteiger partial charge in [0.2, 0.25) is 5.95 Å². The second kappa shape index (κ2) is 8.69. The Labute approximate surface area is 177 Å². The molecular weight excluding hydrogens is 390 g/mol. The van der Waals surface area contributed by atoms with E-state index in [0.29, 0.717) is 16.6 Å². The van der Waals surface area contributed by atoms with Gasteiger partial charge in [0.05, 0.1) is 11.7 Å². The minimum absolute atomic E-state index is 0.138. The van der Waals surface area contributed by atoms with Crippen LogP contribution in [-0.4, -0.2) is 38.7 Å². The highest BCUT2D eigenvalue weighted by atomic mass is 35.5. The lowest BCUT2D eigenvalue weighted by molar-refractivity contribution is 0.0492. The third-order valence-electron chi connectivity index (χ3n) is 4.95. The zero-order chi connectivity index (χ0) is 21.2. The average Bonchev–Trinajstić information content (AvgIpc) is 2.61. The van der Waals surface area contributed by atoms with Gasteiger partial charge in [0.15, 0.2) is 0 Å². The molecule has 2 aromatic rings. The Morgan fingerprint density at radius 2 is 1.83 bits per heavy atom. The van der Waals surface area contributed by atoms with Crippen molar-refractivity contribution in [2.45, 2.75) is 83.9 Å². The SMILES string of the molecule is CC(C)c1cc(Cl)nc2cnc(N[C@H]3CC[C@H](NC(=O)OC(C)(C)C)CC3)nc12. The molecule has 0 unspecified atom stereocenters. The Bertz CT molecular complexity index is 873. The van der Waals surface area contributed by atoms with E-state index in [1.165, 1.54) is 0 Å². The summed E-state index contributed by atoms with van der Waals surface area (Å²) in [7, 11) is 0. The Balaban J connectivity index is 1.60. The maximum Gasteiger partial charge on any atom is 0.407 e. The van der Waals surface area contributed by atoms with Gasteiger partial charge in [-0.15, -0.1) is 0 Å². The van der Waals surface area contributed by atoms with Gasteiger partial charge in [0.1, 0.15) is 16.3 Å². The van der Waals surface area contributed by atoms with E-state index in [1.807, 2.05) is 26.8 Å². The van der Waals surface area contributed by atoms with E-state index in [2.05, 4.69) is 34.4 Å². The normalized spacial score (nSPS) is 20.0. The number of hydrogen-bond donors (Lipinski definition) is 2. The van der Waals surface area contributed by atoms with Crippen LogP contribution < -0.4 is 10.6 Å². The third-order valence-corrected chi connectivity index (χ3v) is 5.14. The number of hydrogen-bond acceptors (Lipinski definition) is 6. The van der Waals surface area contributed by atoms with Crippen LogP contribution in [0.1, 0.15) is 71.8 Å². The Morgan fingerprint density at radius 1 is 1.17 bits per heavy atom. The number of anilines is 1. The first-order valence-corrected chi connectivity index (χ1v) is 10.6. The molecule has 1 fully saturated rings. The first kappa shape index (κ1) is 21.6. The van der Waals surface area contributed by atoms with Crippen molar-refractivity contribution in [2.24, 2.45) is 0 Å². The van der Waals surface area contributed by atoms with Crippen molar-refractivity contribution >= 4 is 34.7 Å². The highest BCUT2D eigenvalue weighted by Crippen LogP contribution is 2.27. The molecule has 0 aromatic carbocycles. The fraction of sp³-hybridized carbons (Fsp3) is 0.619. The van der Waals surface area contributed by atoms with Crippen molar-refractivity contribution in [3.05, 3.63) is 23.0 Å². The molecule has 7 nitrogen and oxygen atoms in total. The number of ether oxygens (including phenoxy) is 1. The van der Waals surface area contributed by atoms with Gasteiger partial charge in [-0.25, -0.2) is 19.7 Å². The fourth-order valence-electron chi connectivity index (χ4n) is 3.56. The van der Waals surface area contributed by atoms with Gasteiger partial charge in [0, 0.05) is 12.1 Å². The number of aromatic nitrogens is 3. The fourth-order valence-corrected chi connectivity index (χ4v) is 3.77. The molecule has 158 valence electrons. The molecule has 0 bridgehead atoms. The Kier molecular flexibility index (Phi) is 6.46. The number of halogens is 1. The van der Waals surface area contributed by atoms with E-state index in [0.717, 1.165) is 36.8 Å². The van der Waals surface area contributed by atoms with Crippen LogP contribution in [0.15, 0.2) is 12.3 Å². The van der Waals surface area contributed by atoms with Crippen LogP contribution in [0.2, 0.25) is 5.15 Å². The van der Waals surface area contributed by atoms with Crippen LogP contribution >= 0.6 is 11.6 Å². The monoisotopic (exact) mass is 419 g/mol. The number of carbonyl (C=O) groups excluding carboxylic acids is 1. The van der Waals surface area contributed by atoms with Gasteiger partial charge in [-0.05, 0) is 64.0 Å². The number of nitrogens with one attached hydrogen (secondary N) is 2.